The van der Waals surface area contributed by atoms with Gasteiger partial charge in [-0.05, 0) is 65.3 Å². The van der Waals surface area contributed by atoms with Crippen molar-refractivity contribution in [3.8, 4) is 28.2 Å². The normalized spacial score (nSPS) is 12.0. The van der Waals surface area contributed by atoms with Gasteiger partial charge in [0, 0.05) is 10.8 Å². The second-order valence-electron chi connectivity index (χ2n) is 11.5. The molecular weight excluding hydrogens is 504 g/mol. The van der Waals surface area contributed by atoms with E-state index in [1.54, 1.807) is 6.20 Å². The van der Waals surface area contributed by atoms with Crippen LogP contribution in [-0.2, 0) is 0 Å². The molecule has 202 valence electrons. The van der Waals surface area contributed by atoms with Gasteiger partial charge in [0.1, 0.15) is 11.2 Å². The van der Waals surface area contributed by atoms with Crippen molar-refractivity contribution in [2.75, 3.05) is 0 Å². The largest absolute Gasteiger partial charge is 0.455 e. The van der Waals surface area contributed by atoms with Gasteiger partial charge in [-0.2, -0.15) is 5.10 Å². The van der Waals surface area contributed by atoms with Crippen molar-refractivity contribution in [3.63, 3.8) is 0 Å². The summed E-state index contributed by atoms with van der Waals surface area (Å²) >= 11 is 0. The minimum Gasteiger partial charge on any atom is -0.455 e. The highest BCUT2D eigenvalue weighted by Gasteiger charge is 2.24. The van der Waals surface area contributed by atoms with Crippen molar-refractivity contribution in [3.05, 3.63) is 108 Å². The van der Waals surface area contributed by atoms with Gasteiger partial charge in [0.2, 0.25) is 5.65 Å². The molecule has 0 N–H and O–H groups in total. The van der Waals surface area contributed by atoms with Crippen LogP contribution in [0, 0.1) is 6.92 Å². The standard InChI is InChI=1S/C36H32N4O/c1-21(2)26-11-7-12-27(22(3)4)33(26)40-31-17-18-37-39-35(31)38-36(40)30-14-8-13-29-28-16-15-25(20-32(28)41-34(29)30)24-10-6-9-23(5)19-24/h6-22H,1-5H3. The predicted octanol–water partition coefficient (Wildman–Crippen LogP) is 9.60. The number of aromatic nitrogens is 4. The number of nitrogens with zero attached hydrogens (tertiary/aromatic N) is 4. The number of imidazole rings is 1. The second kappa shape index (κ2) is 9.70. The third-order valence-electron chi connectivity index (χ3n) is 8.00. The van der Waals surface area contributed by atoms with Crippen LogP contribution in [0.4, 0.5) is 0 Å². The molecule has 0 saturated heterocycles. The molecule has 0 radical (unpaired) electrons. The molecule has 0 atom stereocenters. The van der Waals surface area contributed by atoms with E-state index < -0.39 is 0 Å². The van der Waals surface area contributed by atoms with Gasteiger partial charge in [-0.3, -0.25) is 4.57 Å². The van der Waals surface area contributed by atoms with Crippen LogP contribution in [-0.4, -0.2) is 19.7 Å². The first-order valence-electron chi connectivity index (χ1n) is 14.3. The van der Waals surface area contributed by atoms with Crippen LogP contribution < -0.4 is 0 Å². The van der Waals surface area contributed by atoms with E-state index in [4.69, 9.17) is 9.40 Å². The monoisotopic (exact) mass is 536 g/mol. The first-order chi connectivity index (χ1) is 19.9. The molecule has 7 aromatic rings. The lowest BCUT2D eigenvalue weighted by molar-refractivity contribution is 0.669. The van der Waals surface area contributed by atoms with E-state index in [1.807, 2.05) is 6.07 Å². The molecule has 0 amide bonds. The Morgan fingerprint density at radius 2 is 1.46 bits per heavy atom. The Bertz CT molecular complexity index is 2050. The van der Waals surface area contributed by atoms with Crippen molar-refractivity contribution >= 4 is 33.1 Å². The maximum Gasteiger partial charge on any atom is 0.200 e. The molecule has 0 spiro atoms. The first-order valence-corrected chi connectivity index (χ1v) is 14.3. The smallest absolute Gasteiger partial charge is 0.200 e. The molecular formula is C36H32N4O. The molecule has 4 aromatic carbocycles. The summed E-state index contributed by atoms with van der Waals surface area (Å²) < 4.78 is 8.96. The predicted molar refractivity (Wildman–Crippen MR) is 168 cm³/mol. The SMILES string of the molecule is Cc1cccc(-c2ccc3c(c2)oc2c(-c4nc5nnccc5n4-c4c(C(C)C)cccc4C(C)C)cccc23)c1. The van der Waals surface area contributed by atoms with E-state index in [9.17, 15) is 0 Å². The summed E-state index contributed by atoms with van der Waals surface area (Å²) in [6.45, 7) is 11.1. The summed E-state index contributed by atoms with van der Waals surface area (Å²) in [6.07, 6.45) is 1.74. The maximum absolute atomic E-state index is 6.68. The topological polar surface area (TPSA) is 56.7 Å². The van der Waals surface area contributed by atoms with E-state index in [-0.39, 0.29) is 0 Å². The highest BCUT2D eigenvalue weighted by atomic mass is 16.3. The van der Waals surface area contributed by atoms with Crippen molar-refractivity contribution in [1.29, 1.82) is 0 Å². The number of furan rings is 1. The van der Waals surface area contributed by atoms with Crippen molar-refractivity contribution < 1.29 is 4.42 Å². The van der Waals surface area contributed by atoms with Crippen LogP contribution in [0.25, 0.3) is 61.3 Å². The Labute approximate surface area is 239 Å². The molecule has 3 aromatic heterocycles. The molecule has 0 aliphatic heterocycles. The molecule has 0 aliphatic carbocycles. The van der Waals surface area contributed by atoms with E-state index >= 15 is 0 Å². The van der Waals surface area contributed by atoms with Gasteiger partial charge in [-0.15, -0.1) is 5.10 Å². The average molecular weight is 537 g/mol. The maximum atomic E-state index is 6.68. The Morgan fingerprint density at radius 1 is 0.732 bits per heavy atom. The minimum absolute atomic E-state index is 0.325. The summed E-state index contributed by atoms with van der Waals surface area (Å²) in [4.78, 5) is 5.08. The van der Waals surface area contributed by atoms with Gasteiger partial charge in [-0.1, -0.05) is 93.9 Å². The molecule has 0 bridgehead atoms. The highest BCUT2D eigenvalue weighted by molar-refractivity contribution is 6.10. The van der Waals surface area contributed by atoms with E-state index in [1.165, 1.54) is 22.3 Å². The molecule has 7 rings (SSSR count). The third kappa shape index (κ3) is 4.12. The van der Waals surface area contributed by atoms with Gasteiger partial charge in [-0.25, -0.2) is 4.98 Å². The molecule has 3 heterocycles. The number of aryl methyl sites for hydroxylation is 1. The lowest BCUT2D eigenvalue weighted by Crippen LogP contribution is -2.08. The highest BCUT2D eigenvalue weighted by Crippen LogP contribution is 2.41. The lowest BCUT2D eigenvalue weighted by atomic mass is 9.92. The number of hydrogen-bond acceptors (Lipinski definition) is 4. The lowest BCUT2D eigenvalue weighted by Gasteiger charge is -2.22. The minimum atomic E-state index is 0.325. The van der Waals surface area contributed by atoms with E-state index in [0.717, 1.165) is 50.1 Å². The van der Waals surface area contributed by atoms with Crippen molar-refractivity contribution in [1.82, 2.24) is 19.7 Å². The van der Waals surface area contributed by atoms with Crippen molar-refractivity contribution in [2.24, 2.45) is 0 Å². The van der Waals surface area contributed by atoms with Gasteiger partial charge in [0.25, 0.3) is 0 Å². The fourth-order valence-electron chi connectivity index (χ4n) is 5.99. The zero-order chi connectivity index (χ0) is 28.2. The van der Waals surface area contributed by atoms with Crippen LogP contribution in [0.1, 0.15) is 56.2 Å². The number of benzene rings is 4. The van der Waals surface area contributed by atoms with Gasteiger partial charge >= 0.3 is 0 Å². The fraction of sp³-hybridized carbons (Fsp3) is 0.194. The van der Waals surface area contributed by atoms with Crippen LogP contribution in [0.2, 0.25) is 0 Å². The molecule has 0 unspecified atom stereocenters. The molecule has 5 nitrogen and oxygen atoms in total. The molecule has 0 aliphatic rings. The zero-order valence-corrected chi connectivity index (χ0v) is 24.0. The molecule has 0 saturated carbocycles. The third-order valence-corrected chi connectivity index (χ3v) is 8.00. The summed E-state index contributed by atoms with van der Waals surface area (Å²) in [5.41, 5.74) is 11.4. The molecule has 0 fully saturated rings. The Balaban J connectivity index is 1.53. The van der Waals surface area contributed by atoms with Gasteiger partial charge in [0.15, 0.2) is 5.82 Å². The van der Waals surface area contributed by atoms with Crippen LogP contribution in [0.3, 0.4) is 0 Å². The Morgan fingerprint density at radius 3 is 2.22 bits per heavy atom. The summed E-state index contributed by atoms with van der Waals surface area (Å²) in [5.74, 6) is 1.45. The summed E-state index contributed by atoms with van der Waals surface area (Å²) in [6, 6.07) is 30.0. The number of fused-ring (bicyclic) bond motifs is 4. The van der Waals surface area contributed by atoms with Gasteiger partial charge in [0.05, 0.1) is 23.0 Å². The Kier molecular flexibility index (Phi) is 5.97. The fourth-order valence-corrected chi connectivity index (χ4v) is 5.99. The summed E-state index contributed by atoms with van der Waals surface area (Å²) in [7, 11) is 0. The van der Waals surface area contributed by atoms with E-state index in [2.05, 4.69) is 128 Å². The number of rotatable bonds is 5. The van der Waals surface area contributed by atoms with Crippen LogP contribution in [0.5, 0.6) is 0 Å². The van der Waals surface area contributed by atoms with Crippen molar-refractivity contribution in [2.45, 2.75) is 46.5 Å². The quantitative estimate of drug-likeness (QED) is 0.220. The van der Waals surface area contributed by atoms with Gasteiger partial charge < -0.3 is 4.42 Å². The van der Waals surface area contributed by atoms with Crippen LogP contribution in [0.15, 0.2) is 95.5 Å². The molecule has 5 heteroatoms. The molecule has 41 heavy (non-hydrogen) atoms. The number of hydrogen-bond donors (Lipinski definition) is 0. The zero-order valence-electron chi connectivity index (χ0n) is 24.0. The second-order valence-corrected chi connectivity index (χ2v) is 11.5. The summed E-state index contributed by atoms with van der Waals surface area (Å²) in [5, 5.41) is 10.7. The Hall–Kier alpha value is -4.77. The van der Waals surface area contributed by atoms with E-state index in [0.29, 0.717) is 17.5 Å². The average Bonchev–Trinajstić information content (AvgIpc) is 3.54. The first kappa shape index (κ1) is 25.2. The van der Waals surface area contributed by atoms with Crippen LogP contribution >= 0.6 is 0 Å². The number of para-hydroxylation sites is 2.